The van der Waals surface area contributed by atoms with Gasteiger partial charge in [0.25, 0.3) is 0 Å². The highest BCUT2D eigenvalue weighted by Gasteiger charge is 2.22. The largest absolute Gasteiger partial charge is 0.386 e. The molecule has 2 aromatic carbocycles. The number of aromatic nitrogens is 3. The number of nitrogens with zero attached hydrogens (tertiary/aromatic N) is 3. The maximum atomic E-state index is 10.7. The minimum absolute atomic E-state index is 0.257. The van der Waals surface area contributed by atoms with E-state index in [2.05, 4.69) is 10.2 Å². The average molecular weight is 378 g/mol. The molecule has 3 rings (SSSR count). The first-order chi connectivity index (χ1) is 12.1. The molecule has 0 aliphatic rings. The molecule has 130 valence electrons. The van der Waals surface area contributed by atoms with Gasteiger partial charge >= 0.3 is 0 Å². The van der Waals surface area contributed by atoms with Crippen LogP contribution in [0.15, 0.2) is 61.2 Å². The summed E-state index contributed by atoms with van der Waals surface area (Å²) in [6, 6.07) is 14.6. The molecule has 7 heteroatoms. The van der Waals surface area contributed by atoms with Crippen molar-refractivity contribution in [3.63, 3.8) is 0 Å². The highest BCUT2D eigenvalue weighted by molar-refractivity contribution is 6.35. The Morgan fingerprint density at radius 2 is 1.76 bits per heavy atom. The molecule has 3 aromatic rings. The maximum Gasteiger partial charge on any atom is 0.119 e. The van der Waals surface area contributed by atoms with Crippen LogP contribution in [0, 0.1) is 0 Å². The van der Waals surface area contributed by atoms with Crippen LogP contribution in [0.3, 0.4) is 0 Å². The molecule has 25 heavy (non-hydrogen) atoms. The van der Waals surface area contributed by atoms with Gasteiger partial charge in [-0.15, -0.1) is 10.2 Å². The number of hydrogen-bond acceptors (Lipinski definition) is 4. The molecule has 1 aromatic heterocycles. The van der Waals surface area contributed by atoms with Gasteiger partial charge in [0.2, 0.25) is 0 Å². The summed E-state index contributed by atoms with van der Waals surface area (Å²) in [5.74, 6) is 0. The van der Waals surface area contributed by atoms with Crippen LogP contribution in [-0.2, 0) is 17.9 Å². The van der Waals surface area contributed by atoms with E-state index in [1.54, 1.807) is 29.4 Å². The monoisotopic (exact) mass is 377 g/mol. The molecule has 0 aliphatic heterocycles. The van der Waals surface area contributed by atoms with Gasteiger partial charge in [0.15, 0.2) is 0 Å². The second-order valence-electron chi connectivity index (χ2n) is 5.60. The SMILES string of the molecule is OC(c1ccccc1)C(Cn1cnnc1)OCc1ccc(Cl)cc1Cl. The van der Waals surface area contributed by atoms with Gasteiger partial charge in [-0.3, -0.25) is 0 Å². The Hall–Kier alpha value is -1.92. The fourth-order valence-electron chi connectivity index (χ4n) is 2.47. The summed E-state index contributed by atoms with van der Waals surface area (Å²) < 4.78 is 7.75. The summed E-state index contributed by atoms with van der Waals surface area (Å²) in [5.41, 5.74) is 1.59. The maximum absolute atomic E-state index is 10.7. The van der Waals surface area contributed by atoms with Gasteiger partial charge in [-0.25, -0.2) is 0 Å². The van der Waals surface area contributed by atoms with Crippen LogP contribution in [0.25, 0.3) is 0 Å². The second-order valence-corrected chi connectivity index (χ2v) is 6.44. The van der Waals surface area contributed by atoms with E-state index in [-0.39, 0.29) is 6.61 Å². The Morgan fingerprint density at radius 1 is 1.04 bits per heavy atom. The molecule has 0 saturated carbocycles. The Labute approximate surface area is 155 Å². The number of aliphatic hydroxyl groups excluding tert-OH is 1. The Bertz CT molecular complexity index is 797. The fourth-order valence-corrected chi connectivity index (χ4v) is 2.93. The van der Waals surface area contributed by atoms with Crippen LogP contribution >= 0.6 is 23.2 Å². The molecule has 2 unspecified atom stereocenters. The van der Waals surface area contributed by atoms with Crippen LogP contribution < -0.4 is 0 Å². The topological polar surface area (TPSA) is 60.2 Å². The van der Waals surface area contributed by atoms with Crippen LogP contribution in [0.2, 0.25) is 10.0 Å². The van der Waals surface area contributed by atoms with Gasteiger partial charge < -0.3 is 14.4 Å². The number of aliphatic hydroxyl groups is 1. The summed E-state index contributed by atoms with van der Waals surface area (Å²) in [5, 5.41) is 19.4. The predicted molar refractivity (Wildman–Crippen MR) is 96.5 cm³/mol. The molecule has 0 saturated heterocycles. The van der Waals surface area contributed by atoms with Gasteiger partial charge in [0, 0.05) is 10.0 Å². The van der Waals surface area contributed by atoms with Crippen molar-refractivity contribution in [2.45, 2.75) is 25.4 Å². The van der Waals surface area contributed by atoms with Crippen molar-refractivity contribution in [1.82, 2.24) is 14.8 Å². The molecule has 1 N–H and O–H groups in total. The third kappa shape index (κ3) is 4.80. The highest BCUT2D eigenvalue weighted by Crippen LogP contribution is 2.25. The summed E-state index contributed by atoms with van der Waals surface area (Å²) in [6.07, 6.45) is 1.88. The third-order valence-electron chi connectivity index (χ3n) is 3.82. The first-order valence-corrected chi connectivity index (χ1v) is 8.50. The molecule has 0 radical (unpaired) electrons. The minimum atomic E-state index is -0.797. The zero-order valence-corrected chi connectivity index (χ0v) is 14.8. The lowest BCUT2D eigenvalue weighted by Gasteiger charge is -2.24. The van der Waals surface area contributed by atoms with Crippen molar-refractivity contribution in [3.8, 4) is 0 Å². The normalized spacial score (nSPS) is 13.6. The van der Waals surface area contributed by atoms with Crippen LogP contribution in [-0.4, -0.2) is 26.0 Å². The molecule has 0 amide bonds. The van der Waals surface area contributed by atoms with Crippen LogP contribution in [0.1, 0.15) is 17.2 Å². The number of ether oxygens (including phenoxy) is 1. The smallest absolute Gasteiger partial charge is 0.119 e. The van der Waals surface area contributed by atoms with E-state index < -0.39 is 12.2 Å². The van der Waals surface area contributed by atoms with E-state index >= 15 is 0 Å². The third-order valence-corrected chi connectivity index (χ3v) is 4.41. The van der Waals surface area contributed by atoms with E-state index in [1.165, 1.54) is 0 Å². The molecule has 5 nitrogen and oxygen atoms in total. The lowest BCUT2D eigenvalue weighted by Crippen LogP contribution is -2.27. The lowest BCUT2D eigenvalue weighted by atomic mass is 10.0. The van der Waals surface area contributed by atoms with Gasteiger partial charge in [-0.05, 0) is 23.3 Å². The number of benzene rings is 2. The van der Waals surface area contributed by atoms with Gasteiger partial charge in [-0.2, -0.15) is 0 Å². The molecule has 2 atom stereocenters. The minimum Gasteiger partial charge on any atom is -0.386 e. The predicted octanol–water partition coefficient (Wildman–Crippen LogP) is 3.90. The molecule has 0 aliphatic carbocycles. The second kappa shape index (κ2) is 8.45. The zero-order chi connectivity index (χ0) is 17.6. The lowest BCUT2D eigenvalue weighted by molar-refractivity contribution is -0.0557. The summed E-state index contributed by atoms with van der Waals surface area (Å²) in [6.45, 7) is 0.668. The Balaban J connectivity index is 1.76. The fraction of sp³-hybridized carbons (Fsp3) is 0.222. The zero-order valence-electron chi connectivity index (χ0n) is 13.3. The van der Waals surface area contributed by atoms with Gasteiger partial charge in [0.05, 0.1) is 13.2 Å². The van der Waals surface area contributed by atoms with E-state index in [0.29, 0.717) is 16.6 Å². The standard InChI is InChI=1S/C18H17Cl2N3O2/c19-15-7-6-14(16(20)8-15)10-25-17(9-23-11-21-22-12-23)18(24)13-4-2-1-3-5-13/h1-8,11-12,17-18,24H,9-10H2. The quantitative estimate of drug-likeness (QED) is 0.677. The number of halogens is 2. The summed E-state index contributed by atoms with van der Waals surface area (Å²) in [4.78, 5) is 0. The van der Waals surface area contributed by atoms with Crippen molar-refractivity contribution in [2.75, 3.05) is 0 Å². The van der Waals surface area contributed by atoms with Gasteiger partial charge in [0.1, 0.15) is 24.9 Å². The summed E-state index contributed by atoms with van der Waals surface area (Å²) in [7, 11) is 0. The van der Waals surface area contributed by atoms with E-state index in [4.69, 9.17) is 27.9 Å². The van der Waals surface area contributed by atoms with Crippen molar-refractivity contribution in [3.05, 3.63) is 82.4 Å². The Kier molecular flexibility index (Phi) is 6.04. The first kappa shape index (κ1) is 17.9. The number of hydrogen-bond donors (Lipinski definition) is 1. The van der Waals surface area contributed by atoms with E-state index in [0.717, 1.165) is 11.1 Å². The first-order valence-electron chi connectivity index (χ1n) is 7.74. The number of rotatable bonds is 7. The molecular weight excluding hydrogens is 361 g/mol. The molecule has 0 bridgehead atoms. The molecule has 1 heterocycles. The van der Waals surface area contributed by atoms with Crippen LogP contribution in [0.5, 0.6) is 0 Å². The van der Waals surface area contributed by atoms with Crippen LogP contribution in [0.4, 0.5) is 0 Å². The van der Waals surface area contributed by atoms with Gasteiger partial charge in [-0.1, -0.05) is 59.6 Å². The van der Waals surface area contributed by atoms with Crippen molar-refractivity contribution < 1.29 is 9.84 Å². The van der Waals surface area contributed by atoms with Crippen molar-refractivity contribution >= 4 is 23.2 Å². The van der Waals surface area contributed by atoms with Crippen molar-refractivity contribution in [2.24, 2.45) is 0 Å². The van der Waals surface area contributed by atoms with Crippen molar-refractivity contribution in [1.29, 1.82) is 0 Å². The molecule has 0 fully saturated rings. The highest BCUT2D eigenvalue weighted by atomic mass is 35.5. The Morgan fingerprint density at radius 3 is 2.44 bits per heavy atom. The summed E-state index contributed by atoms with van der Waals surface area (Å²) >= 11 is 12.1. The van der Waals surface area contributed by atoms with E-state index in [1.807, 2.05) is 36.4 Å². The molecule has 0 spiro atoms. The average Bonchev–Trinajstić information content (AvgIpc) is 3.13. The molecular formula is C18H17Cl2N3O2. The van der Waals surface area contributed by atoms with E-state index in [9.17, 15) is 5.11 Å².